The van der Waals surface area contributed by atoms with E-state index >= 15 is 0 Å². The molecule has 2 aliphatic heterocycles. The van der Waals surface area contributed by atoms with Gasteiger partial charge in [-0.25, -0.2) is 0 Å². The third-order valence-corrected chi connectivity index (χ3v) is 34.9. The summed E-state index contributed by atoms with van der Waals surface area (Å²) in [4.78, 5) is 21.1. The number of hydrogen-bond acceptors (Lipinski definition) is 3. The largest absolute Gasteiger partial charge is 0.496 e. The minimum atomic E-state index is -4.47. The van der Waals surface area contributed by atoms with Crippen molar-refractivity contribution in [2.45, 2.75) is 155 Å². The molecule has 2 fully saturated rings. The van der Waals surface area contributed by atoms with Crippen molar-refractivity contribution < 1.29 is 22.6 Å². The Balaban J connectivity index is 0.000000131. The SMILES string of the molecule is CC.CC(C)(C)c1ccc(-[s+]2ccc3ccccc32)cc1.CCCCCCOc1c(C)cc(-[s+]2c3ccccc3c3ccccc32)cc1C.COc1c(C)cc([S+]2CCCCC2)cc1C.O=c1c2ccccc2[s+](-c2ccccc2)c2ccc(C(F)(F)F)cc12.c1ccc(-[s+]2ccc3ccccc32)cc1.c1ccc([S+]2CCCCC2)cc1. The first-order chi connectivity index (χ1) is 56.9. The van der Waals surface area contributed by atoms with Crippen molar-refractivity contribution in [2.24, 2.45) is 0 Å². The van der Waals surface area contributed by atoms with E-state index in [9.17, 15) is 18.0 Å². The molecule has 6 heterocycles. The van der Waals surface area contributed by atoms with Gasteiger partial charge in [-0.05, 0) is 245 Å². The van der Waals surface area contributed by atoms with E-state index in [1.165, 1.54) is 170 Å². The fraction of sp³-hybridized carbons (Fsp3) is 0.267. The zero-order chi connectivity index (χ0) is 82.4. The highest BCUT2D eigenvalue weighted by Crippen LogP contribution is 2.51. The van der Waals surface area contributed by atoms with E-state index in [2.05, 4.69) is 285 Å². The quantitative estimate of drug-likeness (QED) is 0.0656. The second kappa shape index (κ2) is 41.9. The summed E-state index contributed by atoms with van der Waals surface area (Å²) in [7, 11) is 2.50. The van der Waals surface area contributed by atoms with Crippen LogP contribution in [0.3, 0.4) is 0 Å². The molecule has 0 saturated carbocycles. The molecule has 18 rings (SSSR count). The van der Waals surface area contributed by atoms with Crippen molar-refractivity contribution in [1.82, 2.24) is 0 Å². The van der Waals surface area contributed by atoms with Gasteiger partial charge in [0, 0.05) is 109 Å². The molecule has 3 atom stereocenters. The minimum Gasteiger partial charge on any atom is -0.496 e. The lowest BCUT2D eigenvalue weighted by atomic mass is 9.87. The van der Waals surface area contributed by atoms with Gasteiger partial charge in [-0.3, -0.25) is 4.79 Å². The Hall–Kier alpha value is -9.24. The Bertz CT molecular complexity index is 5820. The molecule has 3 nitrogen and oxygen atoms in total. The summed E-state index contributed by atoms with van der Waals surface area (Å²) >= 11 is 0. The topological polar surface area (TPSA) is 35.5 Å². The van der Waals surface area contributed by atoms with E-state index in [1.54, 1.807) is 29.0 Å². The number of hydrogen-bond donors (Lipinski definition) is 0. The molecule has 602 valence electrons. The van der Waals surface area contributed by atoms with Crippen molar-refractivity contribution in [3.8, 4) is 31.1 Å². The summed E-state index contributed by atoms with van der Waals surface area (Å²) in [6.07, 6.45) is 9.06. The zero-order valence-corrected chi connectivity index (χ0v) is 74.7. The molecular formula is C105H113F3O3S6+6. The first kappa shape index (κ1) is 87.1. The molecule has 0 amide bonds. The number of aryl methyl sites for hydroxylation is 4. The highest BCUT2D eigenvalue weighted by molar-refractivity contribution is 7.97. The van der Waals surface area contributed by atoms with Crippen LogP contribution >= 0.6 is 41.9 Å². The van der Waals surface area contributed by atoms with Gasteiger partial charge >= 0.3 is 6.18 Å². The molecule has 16 aromatic rings. The Morgan fingerprint density at radius 1 is 0.350 bits per heavy atom. The van der Waals surface area contributed by atoms with Gasteiger partial charge in [-0.15, -0.1) is 0 Å². The van der Waals surface area contributed by atoms with E-state index < -0.39 is 22.2 Å². The molecule has 0 radical (unpaired) electrons. The van der Waals surface area contributed by atoms with Gasteiger partial charge in [0.05, 0.1) is 30.1 Å². The summed E-state index contributed by atoms with van der Waals surface area (Å²) in [6.45, 7) is 22.5. The van der Waals surface area contributed by atoms with Crippen LogP contribution in [0.1, 0.15) is 139 Å². The Morgan fingerprint density at radius 2 is 0.735 bits per heavy atom. The monoisotopic (exact) mass is 1670 g/mol. The third kappa shape index (κ3) is 21.8. The number of ether oxygens (including phenoxy) is 2. The van der Waals surface area contributed by atoms with Crippen molar-refractivity contribution in [3.63, 3.8) is 0 Å². The standard InChI is InChI=1S/C26H29OS.C20H12F3OS.C18H19S.C14H21OS.C14H11S.C11H15S.C2H6/c1-4-5-6-11-16-27-26-19(2)17-21(18-20(26)3)28-24-14-9-7-12-22(24)23-13-8-10-15-25(23)28;21-20(22,23)13-10-11-18-16(12-13)19(24)15-8-4-5-9-17(15)25(18)14-6-2-1-3-7-14;1-18(2,3)15-8-10-16(11-9-15)19-13-12-14-6-4-5-7-17(14)19;1-11-9-13(10-12(2)14(11)15-3)16-7-5-4-6-8-16;1-2-7-13(8-3-1)15-11-10-12-6-4-5-9-14(12)15;1-3-7-11(8-4-1)12-9-5-2-6-10-12;1-2/h7-10,12-15,17-18H,4-6,11,16H2,1-3H3;1-12H;4-13H,1-3H3;9-10H,4-8H2,1-3H3;1-11H;1,3-4,7-8H,2,5-6,9-10H2;1-2H3/q6*+1;. The lowest BCUT2D eigenvalue weighted by Crippen LogP contribution is -2.18. The number of methoxy groups -OCH3 is 1. The normalized spacial score (nSPS) is 13.5. The van der Waals surface area contributed by atoms with E-state index in [0.29, 0.717) is 31.9 Å². The molecule has 3 unspecified atom stereocenters. The van der Waals surface area contributed by atoms with Crippen LogP contribution in [0.25, 0.3) is 80.1 Å². The van der Waals surface area contributed by atoms with E-state index in [1.807, 2.05) is 56.3 Å². The van der Waals surface area contributed by atoms with Crippen LogP contribution in [-0.4, -0.2) is 36.7 Å². The molecule has 0 bridgehead atoms. The van der Waals surface area contributed by atoms with Crippen molar-refractivity contribution >= 4 is 124 Å². The highest BCUT2D eigenvalue weighted by Gasteiger charge is 2.34. The molecule has 0 spiro atoms. The summed E-state index contributed by atoms with van der Waals surface area (Å²) < 4.78 is 58.1. The number of halogens is 3. The van der Waals surface area contributed by atoms with E-state index in [0.717, 1.165) is 46.3 Å². The average Bonchev–Trinajstić information content (AvgIpc) is 1.70. The number of alkyl halides is 3. The predicted molar refractivity (Wildman–Crippen MR) is 514 cm³/mol. The lowest BCUT2D eigenvalue weighted by molar-refractivity contribution is -0.137. The highest BCUT2D eigenvalue weighted by atomic mass is 32.2. The van der Waals surface area contributed by atoms with E-state index in [4.69, 9.17) is 9.47 Å². The summed E-state index contributed by atoms with van der Waals surface area (Å²) in [5, 5.41) is 10.7. The van der Waals surface area contributed by atoms with Crippen LogP contribution in [0, 0.1) is 27.7 Å². The first-order valence-corrected chi connectivity index (χ1v) is 49.5. The second-order valence-electron chi connectivity index (χ2n) is 30.5. The fourth-order valence-corrected chi connectivity index (χ4v) is 28.8. The molecular weight excluding hydrogens is 1560 g/mol. The summed E-state index contributed by atoms with van der Waals surface area (Å²) in [5.41, 5.74) is 5.56. The fourth-order valence-electron chi connectivity index (χ4n) is 15.3. The maximum atomic E-state index is 13.1. The second-order valence-corrected chi connectivity index (χ2v) is 42.7. The molecule has 12 aromatic carbocycles. The van der Waals surface area contributed by atoms with Crippen molar-refractivity contribution in [1.29, 1.82) is 0 Å². The van der Waals surface area contributed by atoms with Gasteiger partial charge in [-0.1, -0.05) is 188 Å². The Morgan fingerprint density at radius 3 is 1.21 bits per heavy atom. The van der Waals surface area contributed by atoms with Gasteiger partial charge in [0.15, 0.2) is 57.6 Å². The first-order valence-electron chi connectivity index (χ1n) is 41.4. The maximum absolute atomic E-state index is 13.1. The smallest absolute Gasteiger partial charge is 0.416 e. The van der Waals surface area contributed by atoms with Crippen LogP contribution in [0.5, 0.6) is 11.5 Å². The Kier molecular flexibility index (Phi) is 31.2. The number of fused-ring (bicyclic) bond motifs is 7. The number of benzene rings is 12. The Labute approximate surface area is 709 Å². The molecule has 4 aromatic heterocycles. The summed E-state index contributed by atoms with van der Waals surface area (Å²) in [6, 6.07) is 99.9. The molecule has 0 N–H and O–H groups in total. The number of thiophene rings is 3. The minimum absolute atomic E-state index is 0.0350. The van der Waals surface area contributed by atoms with Crippen LogP contribution in [0.2, 0.25) is 0 Å². The van der Waals surface area contributed by atoms with Crippen LogP contribution in [-0.2, 0) is 33.4 Å². The van der Waals surface area contributed by atoms with E-state index in [-0.39, 0.29) is 47.6 Å². The predicted octanol–water partition coefficient (Wildman–Crippen LogP) is 32.2. The van der Waals surface area contributed by atoms with Gasteiger partial charge < -0.3 is 9.47 Å². The maximum Gasteiger partial charge on any atom is 0.416 e. The molecule has 2 saturated heterocycles. The summed E-state index contributed by atoms with van der Waals surface area (Å²) in [5.74, 6) is 7.79. The van der Waals surface area contributed by atoms with Gasteiger partial charge in [0.25, 0.3) is 0 Å². The van der Waals surface area contributed by atoms with Gasteiger partial charge in [0.1, 0.15) is 45.3 Å². The zero-order valence-electron chi connectivity index (χ0n) is 69.8. The molecule has 117 heavy (non-hydrogen) atoms. The van der Waals surface area contributed by atoms with Crippen molar-refractivity contribution in [2.75, 3.05) is 36.7 Å². The van der Waals surface area contributed by atoms with Crippen LogP contribution in [0.15, 0.2) is 317 Å². The third-order valence-electron chi connectivity index (χ3n) is 21.2. The van der Waals surface area contributed by atoms with Gasteiger partial charge in [-0.2, -0.15) is 13.2 Å². The number of unbranched alkanes of at least 4 members (excludes halogenated alkanes) is 3. The van der Waals surface area contributed by atoms with Crippen LogP contribution in [0.4, 0.5) is 13.2 Å². The molecule has 2 aliphatic rings. The lowest BCUT2D eigenvalue weighted by Gasteiger charge is -2.18. The average molecular weight is 1670 g/mol. The van der Waals surface area contributed by atoms with Gasteiger partial charge in [0.2, 0.25) is 5.43 Å². The van der Waals surface area contributed by atoms with Crippen LogP contribution < -0.4 is 14.9 Å². The van der Waals surface area contributed by atoms with Crippen molar-refractivity contribution in [3.05, 3.63) is 346 Å². The molecule has 0 aliphatic carbocycles. The number of rotatable bonds is 13. The molecule has 12 heteroatoms.